The minimum atomic E-state index is 0.583. The second kappa shape index (κ2) is 5.65. The van der Waals surface area contributed by atoms with Gasteiger partial charge in [0, 0.05) is 36.1 Å². The molecule has 100 valence electrons. The summed E-state index contributed by atoms with van der Waals surface area (Å²) in [6.45, 7) is 4.10. The fourth-order valence-electron chi connectivity index (χ4n) is 1.99. The predicted octanol–water partition coefficient (Wildman–Crippen LogP) is 2.46. The molecular weight excluding hydrogens is 240 g/mol. The summed E-state index contributed by atoms with van der Waals surface area (Å²) in [5.74, 6) is 2.13. The van der Waals surface area contributed by atoms with Gasteiger partial charge in [-0.15, -0.1) is 0 Å². The van der Waals surface area contributed by atoms with Crippen molar-refractivity contribution in [2.45, 2.75) is 20.3 Å². The Hall–Kier alpha value is -2.17. The van der Waals surface area contributed by atoms with Crippen molar-refractivity contribution in [3.8, 4) is 17.3 Å². The fraction of sp³-hybridized carbons (Fsp3) is 0.357. The van der Waals surface area contributed by atoms with Crippen LogP contribution < -0.4 is 10.1 Å². The van der Waals surface area contributed by atoms with Crippen LogP contribution >= 0.6 is 0 Å². The van der Waals surface area contributed by atoms with E-state index in [2.05, 4.69) is 27.2 Å². The van der Waals surface area contributed by atoms with E-state index >= 15 is 0 Å². The first-order valence-electron chi connectivity index (χ1n) is 6.25. The molecule has 5 heteroatoms. The van der Waals surface area contributed by atoms with E-state index in [1.165, 1.54) is 0 Å². The third-order valence-corrected chi connectivity index (χ3v) is 3.01. The average molecular weight is 258 g/mol. The van der Waals surface area contributed by atoms with E-state index in [1.54, 1.807) is 19.4 Å². The predicted molar refractivity (Wildman–Crippen MR) is 75.5 cm³/mol. The number of anilines is 1. The summed E-state index contributed by atoms with van der Waals surface area (Å²) in [6, 6.07) is 3.71. The molecule has 0 atom stereocenters. The van der Waals surface area contributed by atoms with Crippen LogP contribution in [0.3, 0.4) is 0 Å². The summed E-state index contributed by atoms with van der Waals surface area (Å²) in [4.78, 5) is 13.3. The van der Waals surface area contributed by atoms with E-state index in [1.807, 2.05) is 20.0 Å². The summed E-state index contributed by atoms with van der Waals surface area (Å²) in [7, 11) is 3.47. The summed E-state index contributed by atoms with van der Waals surface area (Å²) >= 11 is 0. The third kappa shape index (κ3) is 2.65. The van der Waals surface area contributed by atoms with Crippen molar-refractivity contribution >= 4 is 5.82 Å². The Kier molecular flexibility index (Phi) is 3.94. The second-order valence-corrected chi connectivity index (χ2v) is 4.15. The maximum Gasteiger partial charge on any atom is 0.212 e. The third-order valence-electron chi connectivity index (χ3n) is 3.01. The fourth-order valence-corrected chi connectivity index (χ4v) is 1.99. The largest absolute Gasteiger partial charge is 0.481 e. The number of nitrogens with one attached hydrogen (secondary N) is 1. The molecule has 0 bridgehead atoms. The lowest BCUT2D eigenvalue weighted by molar-refractivity contribution is 0.398. The normalized spacial score (nSPS) is 10.3. The molecule has 0 spiro atoms. The van der Waals surface area contributed by atoms with E-state index in [0.29, 0.717) is 11.7 Å². The van der Waals surface area contributed by atoms with Crippen molar-refractivity contribution in [3.63, 3.8) is 0 Å². The molecule has 0 saturated carbocycles. The van der Waals surface area contributed by atoms with Crippen LogP contribution in [0.15, 0.2) is 18.3 Å². The first-order chi connectivity index (χ1) is 9.19. The zero-order valence-electron chi connectivity index (χ0n) is 11.7. The topological polar surface area (TPSA) is 59.9 Å². The molecule has 0 aromatic carbocycles. The number of rotatable bonds is 4. The van der Waals surface area contributed by atoms with Gasteiger partial charge in [0.25, 0.3) is 0 Å². The molecule has 5 nitrogen and oxygen atoms in total. The standard InChI is InChI=1S/C14H18N4O/c1-5-11-9(2)17-13(18-14(11)15-3)10-6-7-12(19-4)16-8-10/h6-8H,5H2,1-4H3,(H,15,17,18). The van der Waals surface area contributed by atoms with Crippen LogP contribution in [0.25, 0.3) is 11.4 Å². The molecule has 2 aromatic heterocycles. The number of methoxy groups -OCH3 is 1. The molecule has 0 radical (unpaired) electrons. The maximum absolute atomic E-state index is 5.05. The molecule has 1 N–H and O–H groups in total. The Morgan fingerprint density at radius 2 is 2.05 bits per heavy atom. The Balaban J connectivity index is 2.47. The van der Waals surface area contributed by atoms with Crippen LogP contribution in [0.2, 0.25) is 0 Å². The van der Waals surface area contributed by atoms with Crippen LogP contribution in [0.1, 0.15) is 18.2 Å². The molecule has 0 amide bonds. The van der Waals surface area contributed by atoms with Gasteiger partial charge >= 0.3 is 0 Å². The van der Waals surface area contributed by atoms with E-state index in [0.717, 1.165) is 29.1 Å². The molecule has 0 unspecified atom stereocenters. The van der Waals surface area contributed by atoms with Gasteiger partial charge < -0.3 is 10.1 Å². The molecule has 0 fully saturated rings. The van der Waals surface area contributed by atoms with Crippen LogP contribution in [-0.4, -0.2) is 29.1 Å². The zero-order chi connectivity index (χ0) is 13.8. The minimum absolute atomic E-state index is 0.583. The molecule has 0 aliphatic carbocycles. The highest BCUT2D eigenvalue weighted by atomic mass is 16.5. The van der Waals surface area contributed by atoms with Crippen LogP contribution in [-0.2, 0) is 6.42 Å². The summed E-state index contributed by atoms with van der Waals surface area (Å²) in [6.07, 6.45) is 2.63. The smallest absolute Gasteiger partial charge is 0.212 e. The van der Waals surface area contributed by atoms with Gasteiger partial charge in [-0.1, -0.05) is 6.92 Å². The number of ether oxygens (including phenoxy) is 1. The van der Waals surface area contributed by atoms with Gasteiger partial charge in [-0.25, -0.2) is 15.0 Å². The Morgan fingerprint density at radius 1 is 1.26 bits per heavy atom. The lowest BCUT2D eigenvalue weighted by Crippen LogP contribution is -2.05. The SMILES string of the molecule is CCc1c(C)nc(-c2ccc(OC)nc2)nc1NC. The lowest BCUT2D eigenvalue weighted by atomic mass is 10.1. The molecule has 2 rings (SSSR count). The molecule has 0 saturated heterocycles. The Bertz CT molecular complexity index is 566. The van der Waals surface area contributed by atoms with Crippen LogP contribution in [0, 0.1) is 6.92 Å². The summed E-state index contributed by atoms with van der Waals surface area (Å²) in [5, 5.41) is 3.12. The number of hydrogen-bond acceptors (Lipinski definition) is 5. The highest BCUT2D eigenvalue weighted by molar-refractivity contribution is 5.59. The highest BCUT2D eigenvalue weighted by Gasteiger charge is 2.10. The number of aryl methyl sites for hydroxylation is 1. The number of nitrogens with zero attached hydrogens (tertiary/aromatic N) is 3. The van der Waals surface area contributed by atoms with Gasteiger partial charge in [0.2, 0.25) is 5.88 Å². The molecular formula is C14H18N4O. The number of pyridine rings is 1. The van der Waals surface area contributed by atoms with Crippen molar-refractivity contribution in [1.29, 1.82) is 0 Å². The Labute approximate surface area is 113 Å². The lowest BCUT2D eigenvalue weighted by Gasteiger charge is -2.11. The van der Waals surface area contributed by atoms with Gasteiger partial charge in [-0.3, -0.25) is 0 Å². The first kappa shape index (κ1) is 13.3. The van der Waals surface area contributed by atoms with Gasteiger partial charge in [0.05, 0.1) is 7.11 Å². The molecule has 2 heterocycles. The quantitative estimate of drug-likeness (QED) is 0.912. The first-order valence-corrected chi connectivity index (χ1v) is 6.25. The van der Waals surface area contributed by atoms with E-state index in [9.17, 15) is 0 Å². The Morgan fingerprint density at radius 3 is 2.58 bits per heavy atom. The van der Waals surface area contributed by atoms with E-state index in [-0.39, 0.29) is 0 Å². The summed E-state index contributed by atoms with van der Waals surface area (Å²) < 4.78 is 5.05. The molecule has 0 aliphatic heterocycles. The van der Waals surface area contributed by atoms with Gasteiger partial charge in [-0.05, 0) is 19.4 Å². The van der Waals surface area contributed by atoms with Crippen LogP contribution in [0.4, 0.5) is 5.82 Å². The van der Waals surface area contributed by atoms with Crippen molar-refractivity contribution in [2.75, 3.05) is 19.5 Å². The van der Waals surface area contributed by atoms with Gasteiger partial charge in [0.15, 0.2) is 5.82 Å². The second-order valence-electron chi connectivity index (χ2n) is 4.15. The van der Waals surface area contributed by atoms with Gasteiger partial charge in [-0.2, -0.15) is 0 Å². The van der Waals surface area contributed by atoms with Crippen molar-refractivity contribution in [3.05, 3.63) is 29.6 Å². The minimum Gasteiger partial charge on any atom is -0.481 e. The van der Waals surface area contributed by atoms with Crippen molar-refractivity contribution < 1.29 is 4.74 Å². The van der Waals surface area contributed by atoms with Crippen molar-refractivity contribution in [1.82, 2.24) is 15.0 Å². The zero-order valence-corrected chi connectivity index (χ0v) is 11.7. The molecule has 19 heavy (non-hydrogen) atoms. The number of aromatic nitrogens is 3. The van der Waals surface area contributed by atoms with E-state index in [4.69, 9.17) is 4.74 Å². The average Bonchev–Trinajstić information content (AvgIpc) is 2.46. The van der Waals surface area contributed by atoms with Crippen LogP contribution in [0.5, 0.6) is 5.88 Å². The van der Waals surface area contributed by atoms with Gasteiger partial charge in [0.1, 0.15) is 5.82 Å². The van der Waals surface area contributed by atoms with E-state index < -0.39 is 0 Å². The highest BCUT2D eigenvalue weighted by Crippen LogP contribution is 2.22. The molecule has 0 aliphatic rings. The molecule has 2 aromatic rings. The van der Waals surface area contributed by atoms with Crippen molar-refractivity contribution in [2.24, 2.45) is 0 Å². The summed E-state index contributed by atoms with van der Waals surface area (Å²) in [5.41, 5.74) is 3.02. The maximum atomic E-state index is 5.05. The monoisotopic (exact) mass is 258 g/mol. The number of hydrogen-bond donors (Lipinski definition) is 1.